The molecule has 0 aliphatic carbocycles. The minimum Gasteiger partial charge on any atom is -0.494 e. The molecule has 1 N–H and O–H groups in total. The first kappa shape index (κ1) is 19.4. The average molecular weight is 376 g/mol. The number of amides is 2. The zero-order valence-corrected chi connectivity index (χ0v) is 16.4. The highest BCUT2D eigenvalue weighted by Crippen LogP contribution is 2.32. The van der Waals surface area contributed by atoms with Gasteiger partial charge in [0.05, 0.1) is 12.2 Å². The van der Waals surface area contributed by atoms with Crippen molar-refractivity contribution in [3.63, 3.8) is 0 Å². The number of carbonyl (C=O) groups is 2. The summed E-state index contributed by atoms with van der Waals surface area (Å²) < 4.78 is 5.47. The Morgan fingerprint density at radius 2 is 1.79 bits per heavy atom. The fourth-order valence-corrected chi connectivity index (χ4v) is 3.23. The highest BCUT2D eigenvalue weighted by Gasteiger charge is 2.38. The van der Waals surface area contributed by atoms with E-state index in [0.717, 1.165) is 22.6 Å². The lowest BCUT2D eigenvalue weighted by atomic mass is 10.0. The van der Waals surface area contributed by atoms with E-state index in [1.54, 1.807) is 30.3 Å². The van der Waals surface area contributed by atoms with Crippen molar-refractivity contribution in [2.45, 2.75) is 20.8 Å². The first-order valence-electron chi connectivity index (χ1n) is 9.25. The lowest BCUT2D eigenvalue weighted by Gasteiger charge is -2.13. The molecule has 1 aliphatic rings. The number of carbonyl (C=O) groups excluding carboxylic acids is 2. The second kappa shape index (κ2) is 8.13. The predicted octanol–water partition coefficient (Wildman–Crippen LogP) is 4.08. The Kier molecular flexibility index (Phi) is 5.64. The molecule has 0 saturated carbocycles. The molecular weight excluding hydrogens is 352 g/mol. The van der Waals surface area contributed by atoms with Crippen LogP contribution < -0.4 is 10.1 Å². The third-order valence-electron chi connectivity index (χ3n) is 4.58. The topological polar surface area (TPSA) is 58.6 Å². The standard InChI is InChI=1S/C23H24N2O3/c1-5-13-25-22(26)20(17-8-10-18(11-9-17)28-6-2)21(23(25)27)24-19-12-7-15(3)14-16(19)4/h5,7-12,14,24H,1,6,13H2,2-4H3. The Hall–Kier alpha value is -3.34. The van der Waals surface area contributed by atoms with Gasteiger partial charge in [-0.1, -0.05) is 35.9 Å². The number of hydrogen-bond acceptors (Lipinski definition) is 4. The van der Waals surface area contributed by atoms with Gasteiger partial charge in [-0.3, -0.25) is 14.5 Å². The third kappa shape index (κ3) is 3.69. The van der Waals surface area contributed by atoms with Gasteiger partial charge in [-0.25, -0.2) is 0 Å². The number of ether oxygens (including phenoxy) is 1. The molecule has 144 valence electrons. The predicted molar refractivity (Wildman–Crippen MR) is 111 cm³/mol. The van der Waals surface area contributed by atoms with E-state index in [4.69, 9.17) is 4.74 Å². The van der Waals surface area contributed by atoms with E-state index in [1.807, 2.05) is 39.0 Å². The van der Waals surface area contributed by atoms with Crippen LogP contribution in [0, 0.1) is 13.8 Å². The normalized spacial score (nSPS) is 13.9. The molecule has 5 heteroatoms. The number of imide groups is 1. The van der Waals surface area contributed by atoms with Crippen LogP contribution >= 0.6 is 0 Å². The van der Waals surface area contributed by atoms with Crippen LogP contribution in [0.4, 0.5) is 5.69 Å². The summed E-state index contributed by atoms with van der Waals surface area (Å²) in [5.41, 5.74) is 4.23. The van der Waals surface area contributed by atoms with Crippen LogP contribution in [0.25, 0.3) is 5.57 Å². The van der Waals surface area contributed by atoms with E-state index in [2.05, 4.69) is 11.9 Å². The molecule has 0 bridgehead atoms. The number of anilines is 1. The Morgan fingerprint density at radius 3 is 2.39 bits per heavy atom. The molecule has 1 aliphatic heterocycles. The minimum absolute atomic E-state index is 0.163. The summed E-state index contributed by atoms with van der Waals surface area (Å²) in [6.07, 6.45) is 1.55. The van der Waals surface area contributed by atoms with E-state index in [1.165, 1.54) is 4.90 Å². The molecular formula is C23H24N2O3. The smallest absolute Gasteiger partial charge is 0.278 e. The molecule has 3 rings (SSSR count). The molecule has 0 atom stereocenters. The average Bonchev–Trinajstić information content (AvgIpc) is 2.90. The number of aryl methyl sites for hydroxylation is 2. The molecule has 0 saturated heterocycles. The van der Waals surface area contributed by atoms with Gasteiger partial charge in [0.25, 0.3) is 11.8 Å². The van der Waals surface area contributed by atoms with Crippen molar-refractivity contribution in [2.24, 2.45) is 0 Å². The molecule has 0 spiro atoms. The van der Waals surface area contributed by atoms with Crippen molar-refractivity contribution in [3.8, 4) is 5.75 Å². The van der Waals surface area contributed by atoms with Gasteiger partial charge in [-0.2, -0.15) is 0 Å². The molecule has 0 unspecified atom stereocenters. The maximum atomic E-state index is 13.0. The quantitative estimate of drug-likeness (QED) is 0.584. The Balaban J connectivity index is 2.06. The molecule has 2 aromatic carbocycles. The Morgan fingerprint density at radius 1 is 1.07 bits per heavy atom. The van der Waals surface area contributed by atoms with Crippen molar-refractivity contribution < 1.29 is 14.3 Å². The van der Waals surface area contributed by atoms with E-state index in [-0.39, 0.29) is 24.1 Å². The van der Waals surface area contributed by atoms with E-state index >= 15 is 0 Å². The van der Waals surface area contributed by atoms with Gasteiger partial charge in [-0.15, -0.1) is 6.58 Å². The van der Waals surface area contributed by atoms with Crippen LogP contribution in [-0.2, 0) is 9.59 Å². The summed E-state index contributed by atoms with van der Waals surface area (Å²) in [6, 6.07) is 13.1. The lowest BCUT2D eigenvalue weighted by molar-refractivity contribution is -0.136. The summed E-state index contributed by atoms with van der Waals surface area (Å²) >= 11 is 0. The van der Waals surface area contributed by atoms with Crippen molar-refractivity contribution >= 4 is 23.1 Å². The summed E-state index contributed by atoms with van der Waals surface area (Å²) in [4.78, 5) is 27.1. The number of rotatable bonds is 7. The number of benzene rings is 2. The number of hydrogen-bond donors (Lipinski definition) is 1. The fraction of sp³-hybridized carbons (Fsp3) is 0.217. The van der Waals surface area contributed by atoms with Crippen LogP contribution in [0.1, 0.15) is 23.6 Å². The number of nitrogens with one attached hydrogen (secondary N) is 1. The number of nitrogens with zero attached hydrogens (tertiary/aromatic N) is 1. The summed E-state index contributed by atoms with van der Waals surface area (Å²) in [5, 5.41) is 3.20. The van der Waals surface area contributed by atoms with Gasteiger partial charge >= 0.3 is 0 Å². The minimum atomic E-state index is -0.353. The molecule has 2 amide bonds. The molecule has 2 aromatic rings. The van der Waals surface area contributed by atoms with Gasteiger partial charge < -0.3 is 10.1 Å². The van der Waals surface area contributed by atoms with Gasteiger partial charge in [0, 0.05) is 12.2 Å². The summed E-state index contributed by atoms with van der Waals surface area (Å²) in [6.45, 7) is 10.3. The second-order valence-electron chi connectivity index (χ2n) is 6.66. The van der Waals surface area contributed by atoms with Gasteiger partial charge in [0.2, 0.25) is 0 Å². The monoisotopic (exact) mass is 376 g/mol. The van der Waals surface area contributed by atoms with Gasteiger partial charge in [0.15, 0.2) is 0 Å². The van der Waals surface area contributed by atoms with E-state index in [9.17, 15) is 9.59 Å². The zero-order chi connectivity index (χ0) is 20.3. The fourth-order valence-electron chi connectivity index (χ4n) is 3.23. The summed E-state index contributed by atoms with van der Waals surface area (Å²) in [7, 11) is 0. The first-order chi connectivity index (χ1) is 13.5. The zero-order valence-electron chi connectivity index (χ0n) is 16.4. The summed E-state index contributed by atoms with van der Waals surface area (Å²) in [5.74, 6) is 0.0329. The van der Waals surface area contributed by atoms with Crippen LogP contribution in [0.2, 0.25) is 0 Å². The largest absolute Gasteiger partial charge is 0.494 e. The van der Waals surface area contributed by atoms with Gasteiger partial charge in [-0.05, 0) is 50.1 Å². The molecule has 0 radical (unpaired) electrons. The van der Waals surface area contributed by atoms with Crippen molar-refractivity contribution in [3.05, 3.63) is 77.5 Å². The highest BCUT2D eigenvalue weighted by atomic mass is 16.5. The van der Waals surface area contributed by atoms with Crippen molar-refractivity contribution in [2.75, 3.05) is 18.5 Å². The lowest BCUT2D eigenvalue weighted by Crippen LogP contribution is -2.32. The van der Waals surface area contributed by atoms with Crippen LogP contribution in [-0.4, -0.2) is 29.9 Å². The van der Waals surface area contributed by atoms with Crippen LogP contribution in [0.5, 0.6) is 5.75 Å². The maximum Gasteiger partial charge on any atom is 0.278 e. The maximum absolute atomic E-state index is 13.0. The SMILES string of the molecule is C=CCN1C(=O)C(Nc2ccc(C)cc2C)=C(c2ccc(OCC)cc2)C1=O. The second-order valence-corrected chi connectivity index (χ2v) is 6.66. The van der Waals surface area contributed by atoms with Crippen molar-refractivity contribution in [1.82, 2.24) is 4.90 Å². The molecule has 28 heavy (non-hydrogen) atoms. The first-order valence-corrected chi connectivity index (χ1v) is 9.25. The van der Waals surface area contributed by atoms with E-state index in [0.29, 0.717) is 17.7 Å². The molecule has 0 fully saturated rings. The molecule has 1 heterocycles. The van der Waals surface area contributed by atoms with Gasteiger partial charge in [0.1, 0.15) is 11.4 Å². The molecule has 5 nitrogen and oxygen atoms in total. The molecule has 0 aromatic heterocycles. The van der Waals surface area contributed by atoms with Crippen LogP contribution in [0.3, 0.4) is 0 Å². The van der Waals surface area contributed by atoms with Crippen LogP contribution in [0.15, 0.2) is 60.8 Å². The van der Waals surface area contributed by atoms with Crippen molar-refractivity contribution in [1.29, 1.82) is 0 Å². The Labute approximate surface area is 165 Å². The van der Waals surface area contributed by atoms with E-state index < -0.39 is 0 Å². The Bertz CT molecular complexity index is 958. The highest BCUT2D eigenvalue weighted by molar-refractivity contribution is 6.36. The third-order valence-corrected chi connectivity index (χ3v) is 4.58.